The van der Waals surface area contributed by atoms with E-state index in [9.17, 15) is 0 Å². The molecule has 0 spiro atoms. The maximum absolute atomic E-state index is 8.51. The molecular weight excluding hydrogens is 114 g/mol. The van der Waals surface area contributed by atoms with Crippen molar-refractivity contribution in [3.05, 3.63) is 28.9 Å². The maximum atomic E-state index is 8.51. The molecule has 0 aromatic carbocycles. The van der Waals surface area contributed by atoms with Crippen LogP contribution < -0.4 is 10.6 Å². The Hall–Kier alpha value is -1.31. The van der Waals surface area contributed by atoms with Gasteiger partial charge in [0, 0.05) is 11.4 Å². The van der Waals surface area contributed by atoms with Crippen molar-refractivity contribution >= 4 is 12.8 Å². The SMILES string of the molecule is C=c1nccc/c1=C\O. The first-order chi connectivity index (χ1) is 4.34. The molecule has 0 saturated heterocycles. The van der Waals surface area contributed by atoms with E-state index in [0.29, 0.717) is 10.6 Å². The van der Waals surface area contributed by atoms with Gasteiger partial charge in [0.25, 0.3) is 0 Å². The summed E-state index contributed by atoms with van der Waals surface area (Å²) in [6.07, 6.45) is 2.63. The van der Waals surface area contributed by atoms with Crippen molar-refractivity contribution in [3.8, 4) is 0 Å². The second-order valence-electron chi connectivity index (χ2n) is 1.67. The number of aliphatic hydroxyl groups is 1. The molecule has 2 nitrogen and oxygen atoms in total. The number of aromatic nitrogens is 1. The van der Waals surface area contributed by atoms with Crippen molar-refractivity contribution in [2.24, 2.45) is 0 Å². The van der Waals surface area contributed by atoms with Crippen molar-refractivity contribution in [1.29, 1.82) is 0 Å². The lowest BCUT2D eigenvalue weighted by Gasteiger charge is -1.81. The molecule has 1 rings (SSSR count). The number of nitrogens with zero attached hydrogens (tertiary/aromatic N) is 1. The molecule has 1 heterocycles. The largest absolute Gasteiger partial charge is 0.515 e. The van der Waals surface area contributed by atoms with E-state index < -0.39 is 0 Å². The number of hydrogen-bond donors (Lipinski definition) is 1. The summed E-state index contributed by atoms with van der Waals surface area (Å²) < 4.78 is 0. The van der Waals surface area contributed by atoms with Crippen LogP contribution in [-0.2, 0) is 0 Å². The zero-order valence-corrected chi connectivity index (χ0v) is 4.91. The minimum Gasteiger partial charge on any atom is -0.515 e. The quantitative estimate of drug-likeness (QED) is 0.515. The van der Waals surface area contributed by atoms with Crippen LogP contribution in [0.15, 0.2) is 18.3 Å². The Labute approximate surface area is 52.8 Å². The monoisotopic (exact) mass is 121 g/mol. The van der Waals surface area contributed by atoms with Gasteiger partial charge in [-0.2, -0.15) is 0 Å². The standard InChI is InChI=1S/C7H7NO/c1-6-7(5-9)3-2-4-8-6/h2-5,9H,1H2/b7-5+. The minimum atomic E-state index is 0.597. The second-order valence-corrected chi connectivity index (χ2v) is 1.67. The Morgan fingerprint density at radius 3 is 2.89 bits per heavy atom. The number of aliphatic hydroxyl groups excluding tert-OH is 1. The summed E-state index contributed by atoms with van der Waals surface area (Å²) in [7, 11) is 0. The first-order valence-electron chi connectivity index (χ1n) is 2.59. The van der Waals surface area contributed by atoms with Crippen LogP contribution in [0.1, 0.15) is 0 Å². The van der Waals surface area contributed by atoms with E-state index in [1.807, 2.05) is 0 Å². The van der Waals surface area contributed by atoms with E-state index in [-0.39, 0.29) is 0 Å². The molecule has 0 aliphatic heterocycles. The van der Waals surface area contributed by atoms with Crippen molar-refractivity contribution in [1.82, 2.24) is 4.98 Å². The Balaban J connectivity index is 3.53. The third-order valence-corrected chi connectivity index (χ3v) is 1.06. The van der Waals surface area contributed by atoms with Gasteiger partial charge in [-0.1, -0.05) is 6.58 Å². The van der Waals surface area contributed by atoms with Gasteiger partial charge in [-0.25, -0.2) is 0 Å². The molecule has 0 unspecified atom stereocenters. The highest BCUT2D eigenvalue weighted by Gasteiger charge is 1.77. The van der Waals surface area contributed by atoms with Gasteiger partial charge in [-0.3, -0.25) is 4.98 Å². The van der Waals surface area contributed by atoms with Crippen LogP contribution in [-0.4, -0.2) is 10.1 Å². The molecule has 1 aromatic heterocycles. The topological polar surface area (TPSA) is 33.1 Å². The first kappa shape index (κ1) is 5.82. The van der Waals surface area contributed by atoms with Gasteiger partial charge in [0.05, 0.1) is 11.6 Å². The van der Waals surface area contributed by atoms with E-state index >= 15 is 0 Å². The summed E-state index contributed by atoms with van der Waals surface area (Å²) >= 11 is 0. The molecule has 0 atom stereocenters. The number of rotatable bonds is 0. The lowest BCUT2D eigenvalue weighted by atomic mass is 10.4. The molecule has 0 radical (unpaired) electrons. The predicted molar refractivity (Wildman–Crippen MR) is 36.1 cm³/mol. The molecular formula is C7H7NO. The van der Waals surface area contributed by atoms with Crippen LogP contribution in [0.3, 0.4) is 0 Å². The smallest absolute Gasteiger partial charge is 0.0885 e. The lowest BCUT2D eigenvalue weighted by Crippen LogP contribution is -2.25. The average molecular weight is 121 g/mol. The third kappa shape index (κ3) is 1.08. The second kappa shape index (κ2) is 2.31. The number of pyridine rings is 1. The van der Waals surface area contributed by atoms with E-state index in [1.165, 1.54) is 0 Å². The van der Waals surface area contributed by atoms with Crippen molar-refractivity contribution < 1.29 is 5.11 Å². The predicted octanol–water partition coefficient (Wildman–Crippen LogP) is -0.212. The van der Waals surface area contributed by atoms with Crippen LogP contribution in [0.2, 0.25) is 0 Å². The molecule has 0 saturated carbocycles. The van der Waals surface area contributed by atoms with E-state index in [1.54, 1.807) is 18.3 Å². The fourth-order valence-electron chi connectivity index (χ4n) is 0.568. The molecule has 46 valence electrons. The molecule has 1 N–H and O–H groups in total. The summed E-state index contributed by atoms with van der Waals surface area (Å²) in [4.78, 5) is 3.85. The number of hydrogen-bond acceptors (Lipinski definition) is 2. The van der Waals surface area contributed by atoms with Crippen molar-refractivity contribution in [2.45, 2.75) is 0 Å². The summed E-state index contributed by atoms with van der Waals surface area (Å²) in [5.41, 5.74) is 0. The van der Waals surface area contributed by atoms with Crippen LogP contribution >= 0.6 is 0 Å². The highest BCUT2D eigenvalue weighted by Crippen LogP contribution is 1.62. The van der Waals surface area contributed by atoms with Crippen molar-refractivity contribution in [2.75, 3.05) is 0 Å². The highest BCUT2D eigenvalue weighted by atomic mass is 16.2. The molecule has 0 aliphatic rings. The fraction of sp³-hybridized carbons (Fsp3) is 0. The van der Waals surface area contributed by atoms with E-state index in [2.05, 4.69) is 11.6 Å². The zero-order chi connectivity index (χ0) is 6.69. The molecule has 9 heavy (non-hydrogen) atoms. The van der Waals surface area contributed by atoms with Crippen LogP contribution in [0.5, 0.6) is 0 Å². The van der Waals surface area contributed by atoms with Crippen molar-refractivity contribution in [3.63, 3.8) is 0 Å². The fourth-order valence-corrected chi connectivity index (χ4v) is 0.568. The van der Waals surface area contributed by atoms with Gasteiger partial charge in [-0.05, 0) is 12.1 Å². The van der Waals surface area contributed by atoms with Gasteiger partial charge in [-0.15, -0.1) is 0 Å². The zero-order valence-electron chi connectivity index (χ0n) is 4.91. The van der Waals surface area contributed by atoms with Gasteiger partial charge in [0.1, 0.15) is 0 Å². The summed E-state index contributed by atoms with van der Waals surface area (Å²) in [5, 5.41) is 9.78. The van der Waals surface area contributed by atoms with Gasteiger partial charge in [0.15, 0.2) is 0 Å². The van der Waals surface area contributed by atoms with Crippen LogP contribution in [0.25, 0.3) is 12.8 Å². The summed E-state index contributed by atoms with van der Waals surface area (Å²) in [5.74, 6) is 0. The molecule has 0 fully saturated rings. The van der Waals surface area contributed by atoms with Gasteiger partial charge >= 0.3 is 0 Å². The van der Waals surface area contributed by atoms with Crippen LogP contribution in [0.4, 0.5) is 0 Å². The molecule has 1 aromatic rings. The molecule has 2 heteroatoms. The van der Waals surface area contributed by atoms with Gasteiger partial charge in [0.2, 0.25) is 0 Å². The van der Waals surface area contributed by atoms with E-state index in [4.69, 9.17) is 5.11 Å². The Kier molecular flexibility index (Phi) is 1.49. The minimum absolute atomic E-state index is 0.597. The Morgan fingerprint density at radius 1 is 1.67 bits per heavy atom. The van der Waals surface area contributed by atoms with Gasteiger partial charge < -0.3 is 5.11 Å². The van der Waals surface area contributed by atoms with Crippen LogP contribution in [0, 0.1) is 0 Å². The summed E-state index contributed by atoms with van der Waals surface area (Å²) in [6.45, 7) is 3.59. The normalized spacial score (nSPS) is 11.8. The van der Waals surface area contributed by atoms with E-state index in [0.717, 1.165) is 6.26 Å². The lowest BCUT2D eigenvalue weighted by molar-refractivity contribution is 0.539. The molecule has 0 amide bonds. The average Bonchev–Trinajstić information content (AvgIpc) is 1.89. The maximum Gasteiger partial charge on any atom is 0.0885 e. The molecule has 0 aliphatic carbocycles. The molecule has 0 bridgehead atoms. The third-order valence-electron chi connectivity index (χ3n) is 1.06. The first-order valence-corrected chi connectivity index (χ1v) is 2.59. The highest BCUT2D eigenvalue weighted by molar-refractivity contribution is 5.14. The Bertz CT molecular complexity index is 292. The summed E-state index contributed by atoms with van der Waals surface area (Å²) in [6, 6.07) is 3.49. The Morgan fingerprint density at radius 2 is 2.44 bits per heavy atom.